The maximum absolute atomic E-state index is 11.5. The zero-order chi connectivity index (χ0) is 12.6. The van der Waals surface area contributed by atoms with Crippen LogP contribution in [0, 0.1) is 0 Å². The second-order valence-corrected chi connectivity index (χ2v) is 4.94. The number of carbonyl (C=O) groups is 1. The monoisotopic (exact) mass is 242 g/mol. The van der Waals surface area contributed by atoms with Crippen LogP contribution < -0.4 is 10.6 Å². The summed E-state index contributed by atoms with van der Waals surface area (Å²) in [5.41, 5.74) is -0.650. The lowest BCUT2D eigenvalue weighted by Crippen LogP contribution is -2.52. The molecule has 1 aliphatic carbocycles. The predicted molar refractivity (Wildman–Crippen MR) is 69.2 cm³/mol. The maximum Gasteiger partial charge on any atom is 0.323 e. The second-order valence-electron chi connectivity index (χ2n) is 4.94. The number of aliphatic carboxylic acids is 1. The minimum atomic E-state index is -0.664. The third-order valence-corrected chi connectivity index (χ3v) is 3.61. The summed E-state index contributed by atoms with van der Waals surface area (Å²) in [5, 5.41) is 16.0. The number of carboxylic acid groups (broad SMARTS) is 1. The number of nitrogens with one attached hydrogen (secondary N) is 2. The molecule has 4 nitrogen and oxygen atoms in total. The van der Waals surface area contributed by atoms with Crippen molar-refractivity contribution in [3.8, 4) is 0 Å². The first-order chi connectivity index (χ1) is 8.21. The Morgan fingerprint density at radius 3 is 2.35 bits per heavy atom. The molecule has 3 N–H and O–H groups in total. The van der Waals surface area contributed by atoms with Crippen molar-refractivity contribution >= 4 is 5.97 Å². The normalized spacial score (nSPS) is 19.8. The third-order valence-electron chi connectivity index (χ3n) is 3.61. The van der Waals surface area contributed by atoms with Gasteiger partial charge < -0.3 is 15.7 Å². The first-order valence-corrected chi connectivity index (χ1v) is 6.90. The van der Waals surface area contributed by atoms with Gasteiger partial charge in [0.15, 0.2) is 0 Å². The third kappa shape index (κ3) is 4.64. The molecule has 0 radical (unpaired) electrons. The molecule has 0 unspecified atom stereocenters. The Kier molecular flexibility index (Phi) is 6.52. The Hall–Kier alpha value is -0.610. The van der Waals surface area contributed by atoms with Crippen molar-refractivity contribution in [2.45, 2.75) is 57.4 Å². The van der Waals surface area contributed by atoms with E-state index in [-0.39, 0.29) is 0 Å². The van der Waals surface area contributed by atoms with Crippen molar-refractivity contribution in [3.05, 3.63) is 0 Å². The molecule has 0 heterocycles. The fourth-order valence-electron chi connectivity index (χ4n) is 2.52. The fourth-order valence-corrected chi connectivity index (χ4v) is 2.52. The van der Waals surface area contributed by atoms with Gasteiger partial charge in [0.1, 0.15) is 5.54 Å². The van der Waals surface area contributed by atoms with E-state index < -0.39 is 11.5 Å². The first-order valence-electron chi connectivity index (χ1n) is 6.90. The lowest BCUT2D eigenvalue weighted by Gasteiger charge is -2.29. The summed E-state index contributed by atoms with van der Waals surface area (Å²) in [7, 11) is 0. The minimum absolute atomic E-state index is 0.650. The zero-order valence-electron chi connectivity index (χ0n) is 10.9. The Morgan fingerprint density at radius 1 is 1.18 bits per heavy atom. The summed E-state index contributed by atoms with van der Waals surface area (Å²) >= 11 is 0. The van der Waals surface area contributed by atoms with Gasteiger partial charge in [-0.05, 0) is 38.9 Å². The molecule has 0 aromatic rings. The van der Waals surface area contributed by atoms with E-state index >= 15 is 0 Å². The Morgan fingerprint density at radius 2 is 1.82 bits per heavy atom. The highest BCUT2D eigenvalue weighted by Gasteiger charge is 2.37. The van der Waals surface area contributed by atoms with E-state index in [0.717, 1.165) is 51.7 Å². The SMILES string of the molecule is CCNCCCNC1(C(=O)O)CCCCCC1. The quantitative estimate of drug-likeness (QED) is 0.470. The summed E-state index contributed by atoms with van der Waals surface area (Å²) < 4.78 is 0. The van der Waals surface area contributed by atoms with E-state index in [1.54, 1.807) is 0 Å². The van der Waals surface area contributed by atoms with Crippen LogP contribution in [0.15, 0.2) is 0 Å². The van der Waals surface area contributed by atoms with Crippen LogP contribution in [0.2, 0.25) is 0 Å². The molecular formula is C13H26N2O2. The van der Waals surface area contributed by atoms with Crippen LogP contribution in [0.3, 0.4) is 0 Å². The highest BCUT2D eigenvalue weighted by Crippen LogP contribution is 2.27. The summed E-state index contributed by atoms with van der Waals surface area (Å²) in [5.74, 6) is -0.664. The van der Waals surface area contributed by atoms with Crippen molar-refractivity contribution in [1.82, 2.24) is 10.6 Å². The van der Waals surface area contributed by atoms with Crippen LogP contribution in [-0.2, 0) is 4.79 Å². The molecule has 17 heavy (non-hydrogen) atoms. The van der Waals surface area contributed by atoms with Crippen LogP contribution in [0.4, 0.5) is 0 Å². The van der Waals surface area contributed by atoms with Gasteiger partial charge in [-0.1, -0.05) is 32.6 Å². The molecule has 0 bridgehead atoms. The second kappa shape index (κ2) is 7.67. The van der Waals surface area contributed by atoms with Crippen molar-refractivity contribution in [2.24, 2.45) is 0 Å². The lowest BCUT2D eigenvalue weighted by atomic mass is 9.90. The Balaban J connectivity index is 2.38. The molecule has 0 aromatic heterocycles. The Bertz CT molecular complexity index is 223. The molecule has 1 fully saturated rings. The first kappa shape index (κ1) is 14.5. The van der Waals surface area contributed by atoms with Crippen molar-refractivity contribution in [3.63, 3.8) is 0 Å². The van der Waals surface area contributed by atoms with Crippen LogP contribution in [-0.4, -0.2) is 36.2 Å². The van der Waals surface area contributed by atoms with Crippen LogP contribution in [0.1, 0.15) is 51.9 Å². The van der Waals surface area contributed by atoms with Gasteiger partial charge in [-0.25, -0.2) is 0 Å². The molecule has 1 saturated carbocycles. The summed E-state index contributed by atoms with van der Waals surface area (Å²) in [6.45, 7) is 4.81. The molecule has 4 heteroatoms. The highest BCUT2D eigenvalue weighted by molar-refractivity contribution is 5.78. The fraction of sp³-hybridized carbons (Fsp3) is 0.923. The zero-order valence-corrected chi connectivity index (χ0v) is 10.9. The van der Waals surface area contributed by atoms with Crippen molar-refractivity contribution in [2.75, 3.05) is 19.6 Å². The largest absolute Gasteiger partial charge is 0.480 e. The van der Waals surface area contributed by atoms with Gasteiger partial charge in [0.2, 0.25) is 0 Å². The lowest BCUT2D eigenvalue weighted by molar-refractivity contribution is -0.145. The molecule has 1 aliphatic rings. The van der Waals surface area contributed by atoms with Gasteiger partial charge in [0.25, 0.3) is 0 Å². The van der Waals surface area contributed by atoms with E-state index in [1.807, 2.05) is 0 Å². The topological polar surface area (TPSA) is 61.4 Å². The van der Waals surface area contributed by atoms with E-state index in [4.69, 9.17) is 0 Å². The molecule has 0 spiro atoms. The van der Waals surface area contributed by atoms with E-state index in [1.165, 1.54) is 12.8 Å². The van der Waals surface area contributed by atoms with Gasteiger partial charge in [-0.3, -0.25) is 4.79 Å². The summed E-state index contributed by atoms with van der Waals surface area (Å²) in [4.78, 5) is 11.5. The molecular weight excluding hydrogens is 216 g/mol. The molecule has 100 valence electrons. The average Bonchev–Trinajstić information content (AvgIpc) is 2.55. The molecule has 0 atom stereocenters. The molecule has 0 aliphatic heterocycles. The van der Waals surface area contributed by atoms with Gasteiger partial charge >= 0.3 is 5.97 Å². The number of hydrogen-bond donors (Lipinski definition) is 3. The standard InChI is InChI=1S/C13H26N2O2/c1-2-14-10-7-11-15-13(12(16)17)8-5-3-4-6-9-13/h14-15H,2-11H2,1H3,(H,16,17). The maximum atomic E-state index is 11.5. The van der Waals surface area contributed by atoms with Gasteiger partial charge in [0, 0.05) is 0 Å². The number of carboxylic acids is 1. The number of hydrogen-bond acceptors (Lipinski definition) is 3. The van der Waals surface area contributed by atoms with Crippen LogP contribution in [0.5, 0.6) is 0 Å². The van der Waals surface area contributed by atoms with Gasteiger partial charge in [0.05, 0.1) is 0 Å². The van der Waals surface area contributed by atoms with Gasteiger partial charge in [-0.15, -0.1) is 0 Å². The van der Waals surface area contributed by atoms with Crippen molar-refractivity contribution in [1.29, 1.82) is 0 Å². The smallest absolute Gasteiger partial charge is 0.323 e. The average molecular weight is 242 g/mol. The molecule has 0 amide bonds. The van der Waals surface area contributed by atoms with Gasteiger partial charge in [-0.2, -0.15) is 0 Å². The summed E-state index contributed by atoms with van der Waals surface area (Å²) in [6, 6.07) is 0. The van der Waals surface area contributed by atoms with E-state index in [0.29, 0.717) is 0 Å². The molecule has 1 rings (SSSR count). The van der Waals surface area contributed by atoms with Crippen molar-refractivity contribution < 1.29 is 9.90 Å². The number of rotatable bonds is 7. The molecule has 0 saturated heterocycles. The summed E-state index contributed by atoms with van der Waals surface area (Å²) in [6.07, 6.45) is 6.97. The highest BCUT2D eigenvalue weighted by atomic mass is 16.4. The van der Waals surface area contributed by atoms with E-state index in [9.17, 15) is 9.90 Å². The van der Waals surface area contributed by atoms with Crippen LogP contribution >= 0.6 is 0 Å². The van der Waals surface area contributed by atoms with Crippen LogP contribution in [0.25, 0.3) is 0 Å². The Labute approximate surface area is 104 Å². The predicted octanol–water partition coefficient (Wildman–Crippen LogP) is 1.75. The molecule has 0 aromatic carbocycles. The van der Waals surface area contributed by atoms with E-state index in [2.05, 4.69) is 17.6 Å². The minimum Gasteiger partial charge on any atom is -0.480 e.